The van der Waals surface area contributed by atoms with Gasteiger partial charge in [-0.2, -0.15) is 0 Å². The molecule has 0 bridgehead atoms. The van der Waals surface area contributed by atoms with E-state index in [0.29, 0.717) is 42.9 Å². The number of carboxylic acid groups (broad SMARTS) is 2. The normalized spacial score (nSPS) is 28.3. The Kier molecular flexibility index (Phi) is 18.6. The molecular formula is C51H90N4O8. The predicted octanol–water partition coefficient (Wildman–Crippen LogP) is 12.2. The van der Waals surface area contributed by atoms with Crippen LogP contribution in [0.5, 0.6) is 0 Å². The van der Waals surface area contributed by atoms with Crippen LogP contribution in [0.2, 0.25) is 0 Å². The summed E-state index contributed by atoms with van der Waals surface area (Å²) >= 11 is 0. The second kappa shape index (κ2) is 22.3. The number of amides is 4. The van der Waals surface area contributed by atoms with Gasteiger partial charge in [0.1, 0.15) is 11.2 Å². The van der Waals surface area contributed by atoms with Crippen LogP contribution in [0.4, 0.5) is 19.2 Å². The van der Waals surface area contributed by atoms with Crippen LogP contribution in [0, 0.1) is 58.2 Å². The van der Waals surface area contributed by atoms with Gasteiger partial charge in [-0.15, -0.1) is 0 Å². The molecule has 3 saturated carbocycles. The molecule has 10 atom stereocenters. The number of fused-ring (bicyclic) bond motifs is 5. The van der Waals surface area contributed by atoms with Gasteiger partial charge in [0.15, 0.2) is 0 Å². The largest absolute Gasteiger partial charge is 0.465 e. The Morgan fingerprint density at radius 1 is 0.778 bits per heavy atom. The zero-order chi connectivity index (χ0) is 46.9. The highest BCUT2D eigenvalue weighted by Gasteiger charge is 2.59. The van der Waals surface area contributed by atoms with Crippen molar-refractivity contribution in [3.8, 4) is 0 Å². The van der Waals surface area contributed by atoms with Crippen LogP contribution in [0.3, 0.4) is 0 Å². The van der Waals surface area contributed by atoms with Gasteiger partial charge >= 0.3 is 24.4 Å². The second-order valence-corrected chi connectivity index (χ2v) is 23.0. The summed E-state index contributed by atoms with van der Waals surface area (Å²) in [7, 11) is 0. The summed E-state index contributed by atoms with van der Waals surface area (Å²) in [6, 6.07) is -0.300. The fourth-order valence-corrected chi connectivity index (χ4v) is 13.1. The number of rotatable bonds is 20. The lowest BCUT2D eigenvalue weighted by Crippen LogP contribution is -2.52. The van der Waals surface area contributed by atoms with E-state index in [1.165, 1.54) is 55.4 Å². The van der Waals surface area contributed by atoms with Crippen molar-refractivity contribution in [2.45, 2.75) is 197 Å². The number of nitrogens with one attached hydrogen (secondary N) is 2. The number of allylic oxidation sites excluding steroid dienone is 2. The second-order valence-electron chi connectivity index (χ2n) is 23.0. The van der Waals surface area contributed by atoms with Crippen molar-refractivity contribution in [3.63, 3.8) is 0 Å². The van der Waals surface area contributed by atoms with E-state index in [0.717, 1.165) is 55.3 Å². The summed E-state index contributed by atoms with van der Waals surface area (Å²) in [5.41, 5.74) is 0.769. The molecule has 0 saturated heterocycles. The lowest BCUT2D eigenvalue weighted by molar-refractivity contribution is -0.0555. The van der Waals surface area contributed by atoms with E-state index in [1.807, 2.05) is 0 Å². The number of hydrogen-bond acceptors (Lipinski definition) is 6. The maximum absolute atomic E-state index is 13.1. The molecule has 1 unspecified atom stereocenters. The monoisotopic (exact) mass is 887 g/mol. The molecule has 0 heterocycles. The summed E-state index contributed by atoms with van der Waals surface area (Å²) in [5, 5.41) is 26.3. The molecule has 362 valence electrons. The van der Waals surface area contributed by atoms with Crippen molar-refractivity contribution in [3.05, 3.63) is 11.6 Å². The van der Waals surface area contributed by atoms with Crippen molar-refractivity contribution in [2.75, 3.05) is 32.7 Å². The van der Waals surface area contributed by atoms with Crippen LogP contribution >= 0.6 is 0 Å². The van der Waals surface area contributed by atoms with E-state index >= 15 is 0 Å². The highest BCUT2D eigenvalue weighted by molar-refractivity contribution is 5.68. The van der Waals surface area contributed by atoms with Gasteiger partial charge in [-0.1, -0.05) is 66.0 Å². The van der Waals surface area contributed by atoms with Crippen LogP contribution in [-0.4, -0.2) is 94.4 Å². The minimum Gasteiger partial charge on any atom is -0.465 e. The number of carbonyl (C=O) groups is 4. The average Bonchev–Trinajstić information content (AvgIpc) is 3.53. The molecule has 3 fully saturated rings. The minimum absolute atomic E-state index is 0.107. The van der Waals surface area contributed by atoms with Gasteiger partial charge in [0.2, 0.25) is 0 Å². The first-order valence-corrected chi connectivity index (χ1v) is 25.0. The van der Waals surface area contributed by atoms with Gasteiger partial charge < -0.3 is 40.1 Å². The van der Waals surface area contributed by atoms with Gasteiger partial charge in [-0.3, -0.25) is 0 Å². The zero-order valence-corrected chi connectivity index (χ0v) is 41.7. The molecule has 4 rings (SSSR count). The molecule has 0 radical (unpaired) electrons. The summed E-state index contributed by atoms with van der Waals surface area (Å²) in [6.45, 7) is 27.0. The lowest BCUT2D eigenvalue weighted by atomic mass is 9.46. The molecule has 4 N–H and O–H groups in total. The van der Waals surface area contributed by atoms with Crippen LogP contribution in [0.1, 0.15) is 179 Å². The van der Waals surface area contributed by atoms with E-state index < -0.39 is 35.6 Å². The number of ether oxygens (including phenoxy) is 2. The molecule has 0 aromatic rings. The van der Waals surface area contributed by atoms with Gasteiger partial charge in [0.25, 0.3) is 0 Å². The summed E-state index contributed by atoms with van der Waals surface area (Å²) < 4.78 is 10.7. The maximum atomic E-state index is 13.1. The first kappa shape index (κ1) is 52.4. The Balaban J connectivity index is 1.47. The van der Waals surface area contributed by atoms with E-state index in [9.17, 15) is 29.4 Å². The molecule has 12 heteroatoms. The Morgan fingerprint density at radius 3 is 1.94 bits per heavy atom. The van der Waals surface area contributed by atoms with Crippen molar-refractivity contribution in [1.29, 1.82) is 0 Å². The molecule has 12 nitrogen and oxygen atoms in total. The van der Waals surface area contributed by atoms with Crippen molar-refractivity contribution in [2.24, 2.45) is 58.2 Å². The number of nitrogens with zero attached hydrogens (tertiary/aromatic N) is 2. The molecule has 0 aliphatic heterocycles. The van der Waals surface area contributed by atoms with Crippen LogP contribution in [0.25, 0.3) is 0 Å². The van der Waals surface area contributed by atoms with Gasteiger partial charge in [0, 0.05) is 38.8 Å². The smallest absolute Gasteiger partial charge is 0.407 e. The zero-order valence-electron chi connectivity index (χ0n) is 41.7. The van der Waals surface area contributed by atoms with Crippen LogP contribution in [-0.2, 0) is 9.47 Å². The van der Waals surface area contributed by atoms with Crippen molar-refractivity contribution >= 4 is 24.4 Å². The third-order valence-corrected chi connectivity index (χ3v) is 16.3. The molecule has 4 amide bonds. The first-order valence-electron chi connectivity index (χ1n) is 25.0. The molecular weight excluding hydrogens is 797 g/mol. The third kappa shape index (κ3) is 14.2. The molecule has 4 aliphatic carbocycles. The summed E-state index contributed by atoms with van der Waals surface area (Å²) in [4.78, 5) is 52.9. The van der Waals surface area contributed by atoms with E-state index in [-0.39, 0.29) is 50.1 Å². The molecule has 0 aromatic heterocycles. The molecule has 0 aromatic carbocycles. The van der Waals surface area contributed by atoms with Crippen LogP contribution in [0.15, 0.2) is 11.6 Å². The third-order valence-electron chi connectivity index (χ3n) is 16.3. The Morgan fingerprint density at radius 2 is 1.38 bits per heavy atom. The topological polar surface area (TPSA) is 158 Å². The number of hydrogen-bond donors (Lipinski definition) is 4. The van der Waals surface area contributed by atoms with E-state index in [4.69, 9.17) is 9.47 Å². The maximum Gasteiger partial charge on any atom is 0.407 e. The average molecular weight is 887 g/mol. The first-order chi connectivity index (χ1) is 29.4. The quantitative estimate of drug-likeness (QED) is 0.0695. The fourth-order valence-electron chi connectivity index (χ4n) is 13.1. The molecule has 63 heavy (non-hydrogen) atoms. The van der Waals surface area contributed by atoms with Crippen molar-refractivity contribution in [1.82, 2.24) is 20.4 Å². The molecule has 4 aliphatic rings. The van der Waals surface area contributed by atoms with E-state index in [2.05, 4.69) is 58.3 Å². The van der Waals surface area contributed by atoms with Crippen LogP contribution < -0.4 is 10.6 Å². The standard InChI is InChI=1S/C51H90N4O8/c1-13-36(34(2)3)19-18-35(4)40-22-23-41-39-21-20-38-33-37(24-26-50(38,11)42(39)25-27-51(40,41)12)43(55(47(60)61)32-16-29-53-45(57)63-49(8,9)10)17-14-30-54(46(58)59)31-15-28-52-44(56)62-48(5,6)7/h20,34-37,39-43H,13-19,21-33H2,1-12H3,(H,52,56)(H,53,57)(H,58,59)(H,60,61)/t35-,36-,37+,39+,40-,41+,42+,43?,50+,51-/m1/s1. The highest BCUT2D eigenvalue weighted by Crippen LogP contribution is 2.68. The van der Waals surface area contributed by atoms with Gasteiger partial charge in [-0.25, -0.2) is 19.2 Å². The van der Waals surface area contributed by atoms with E-state index in [1.54, 1.807) is 46.4 Å². The Hall–Kier alpha value is -3.18. The highest BCUT2D eigenvalue weighted by atomic mass is 16.6. The number of carbonyl (C=O) groups excluding carboxylic acids is 2. The molecule has 0 spiro atoms. The number of alkyl carbamates (subject to hydrolysis) is 2. The minimum atomic E-state index is -1.04. The Labute approximate surface area is 381 Å². The van der Waals surface area contributed by atoms with Gasteiger partial charge in [0.05, 0.1) is 0 Å². The Bertz CT molecular complexity index is 1550. The fraction of sp³-hybridized carbons (Fsp3) is 0.882. The predicted molar refractivity (Wildman–Crippen MR) is 251 cm³/mol. The summed E-state index contributed by atoms with van der Waals surface area (Å²) in [6.07, 6.45) is 14.6. The SMILES string of the molecule is CC[C@H](CC[C@@H](C)[C@H]1CC[C@H]2[C@@H]3CC=C4C[C@@H](C(CCCN(CCCNC(=O)OC(C)(C)C)C(=O)O)N(CCCNC(=O)OC(C)(C)C)C(=O)O)CC[C@]4(C)[C@H]3CC[C@]12C)C(C)C. The lowest BCUT2D eigenvalue weighted by Gasteiger charge is -2.59. The summed E-state index contributed by atoms with van der Waals surface area (Å²) in [5.74, 6) is 5.35. The van der Waals surface area contributed by atoms with Gasteiger partial charge in [-0.05, 0) is 183 Å². The van der Waals surface area contributed by atoms with Crippen molar-refractivity contribution < 1.29 is 38.9 Å².